The molecule has 0 N–H and O–H groups in total. The number of rotatable bonds is 2. The SMILES string of the molecule is COc1cc(F)c(-c2nc(Cl)cs2)cc1F. The number of ether oxygens (including phenoxy) is 1. The van der Waals surface area contributed by atoms with E-state index in [2.05, 4.69) is 9.72 Å². The standard InChI is InChI=1S/C10H6ClF2NOS/c1-15-8-3-6(12)5(2-7(8)13)10-14-9(11)4-16-10/h2-4H,1H3. The Morgan fingerprint density at radius 3 is 2.62 bits per heavy atom. The van der Waals surface area contributed by atoms with Crippen molar-refractivity contribution in [2.75, 3.05) is 7.11 Å². The van der Waals surface area contributed by atoms with Gasteiger partial charge in [-0.1, -0.05) is 11.6 Å². The van der Waals surface area contributed by atoms with E-state index in [1.165, 1.54) is 7.11 Å². The molecule has 1 aromatic carbocycles. The van der Waals surface area contributed by atoms with E-state index in [4.69, 9.17) is 11.6 Å². The van der Waals surface area contributed by atoms with Gasteiger partial charge in [-0.2, -0.15) is 0 Å². The number of nitrogens with zero attached hydrogens (tertiary/aromatic N) is 1. The first-order valence-corrected chi connectivity index (χ1v) is 5.52. The van der Waals surface area contributed by atoms with Crippen LogP contribution in [0.15, 0.2) is 17.5 Å². The highest BCUT2D eigenvalue weighted by molar-refractivity contribution is 7.13. The predicted molar refractivity (Wildman–Crippen MR) is 59.0 cm³/mol. The van der Waals surface area contributed by atoms with Crippen LogP contribution in [0.3, 0.4) is 0 Å². The van der Waals surface area contributed by atoms with Crippen molar-refractivity contribution in [3.05, 3.63) is 34.3 Å². The van der Waals surface area contributed by atoms with Crippen LogP contribution in [-0.4, -0.2) is 12.1 Å². The minimum atomic E-state index is -0.634. The van der Waals surface area contributed by atoms with Gasteiger partial charge in [0.15, 0.2) is 11.6 Å². The molecule has 0 aliphatic rings. The topological polar surface area (TPSA) is 22.1 Å². The van der Waals surface area contributed by atoms with E-state index in [0.29, 0.717) is 5.01 Å². The van der Waals surface area contributed by atoms with E-state index < -0.39 is 11.6 Å². The van der Waals surface area contributed by atoms with Crippen LogP contribution in [0, 0.1) is 11.6 Å². The molecule has 0 saturated carbocycles. The van der Waals surface area contributed by atoms with Crippen molar-refractivity contribution in [2.45, 2.75) is 0 Å². The number of halogens is 3. The molecule has 1 aromatic heterocycles. The van der Waals surface area contributed by atoms with Gasteiger partial charge >= 0.3 is 0 Å². The van der Waals surface area contributed by atoms with E-state index in [0.717, 1.165) is 23.5 Å². The molecule has 0 saturated heterocycles. The van der Waals surface area contributed by atoms with Crippen LogP contribution < -0.4 is 4.74 Å². The maximum absolute atomic E-state index is 13.6. The highest BCUT2D eigenvalue weighted by Gasteiger charge is 2.14. The number of hydrogen-bond acceptors (Lipinski definition) is 3. The Hall–Kier alpha value is -1.20. The van der Waals surface area contributed by atoms with E-state index in [1.54, 1.807) is 5.38 Å². The zero-order chi connectivity index (χ0) is 11.7. The third kappa shape index (κ3) is 2.01. The number of methoxy groups -OCH3 is 1. The molecule has 0 atom stereocenters. The maximum Gasteiger partial charge on any atom is 0.165 e. The Morgan fingerprint density at radius 2 is 2.06 bits per heavy atom. The Morgan fingerprint density at radius 1 is 1.31 bits per heavy atom. The average molecular weight is 262 g/mol. The van der Waals surface area contributed by atoms with Gasteiger partial charge in [-0.25, -0.2) is 13.8 Å². The van der Waals surface area contributed by atoms with Crippen LogP contribution >= 0.6 is 22.9 Å². The van der Waals surface area contributed by atoms with Crippen molar-refractivity contribution in [3.63, 3.8) is 0 Å². The fourth-order valence-corrected chi connectivity index (χ4v) is 2.19. The van der Waals surface area contributed by atoms with E-state index in [9.17, 15) is 8.78 Å². The lowest BCUT2D eigenvalue weighted by molar-refractivity contribution is 0.383. The molecule has 0 aliphatic carbocycles. The van der Waals surface area contributed by atoms with Crippen molar-refractivity contribution >= 4 is 22.9 Å². The lowest BCUT2D eigenvalue weighted by atomic mass is 10.2. The normalized spacial score (nSPS) is 10.5. The van der Waals surface area contributed by atoms with Gasteiger partial charge in [0.25, 0.3) is 0 Å². The molecule has 2 rings (SSSR count). The van der Waals surface area contributed by atoms with E-state index in [1.807, 2.05) is 0 Å². The number of aromatic nitrogens is 1. The van der Waals surface area contributed by atoms with Crippen LogP contribution in [0.1, 0.15) is 0 Å². The predicted octanol–water partition coefficient (Wildman–Crippen LogP) is 3.75. The van der Waals surface area contributed by atoms with Crippen LogP contribution in [0.5, 0.6) is 5.75 Å². The van der Waals surface area contributed by atoms with Crippen LogP contribution in [0.4, 0.5) is 8.78 Å². The highest BCUT2D eigenvalue weighted by Crippen LogP contribution is 2.31. The summed E-state index contributed by atoms with van der Waals surface area (Å²) in [6.45, 7) is 0. The summed E-state index contributed by atoms with van der Waals surface area (Å²) in [5.41, 5.74) is 0.0789. The second-order valence-corrected chi connectivity index (χ2v) is 4.19. The summed E-state index contributed by atoms with van der Waals surface area (Å²) in [4.78, 5) is 3.87. The van der Waals surface area contributed by atoms with Crippen molar-refractivity contribution in [3.8, 4) is 16.3 Å². The molecule has 2 aromatic rings. The molecule has 84 valence electrons. The summed E-state index contributed by atoms with van der Waals surface area (Å²) in [6, 6.07) is 2.03. The first kappa shape index (κ1) is 11.3. The van der Waals surface area contributed by atoms with Crippen molar-refractivity contribution in [2.24, 2.45) is 0 Å². The Labute approximate surface area is 99.5 Å². The van der Waals surface area contributed by atoms with Gasteiger partial charge in [-0.3, -0.25) is 0 Å². The minimum absolute atomic E-state index is 0.0789. The molecule has 6 heteroatoms. The molecule has 0 unspecified atom stereocenters. The quantitative estimate of drug-likeness (QED) is 0.821. The number of benzene rings is 1. The first-order valence-electron chi connectivity index (χ1n) is 4.26. The van der Waals surface area contributed by atoms with Gasteiger partial charge in [0.1, 0.15) is 16.0 Å². The van der Waals surface area contributed by atoms with Crippen LogP contribution in [0.2, 0.25) is 5.15 Å². The second-order valence-electron chi connectivity index (χ2n) is 2.94. The van der Waals surface area contributed by atoms with Crippen molar-refractivity contribution < 1.29 is 13.5 Å². The van der Waals surface area contributed by atoms with Gasteiger partial charge in [0, 0.05) is 17.0 Å². The lowest BCUT2D eigenvalue weighted by Crippen LogP contribution is -1.92. The lowest BCUT2D eigenvalue weighted by Gasteiger charge is -2.04. The van der Waals surface area contributed by atoms with E-state index >= 15 is 0 Å². The van der Waals surface area contributed by atoms with Crippen molar-refractivity contribution in [1.29, 1.82) is 0 Å². The summed E-state index contributed by atoms with van der Waals surface area (Å²) in [6.07, 6.45) is 0. The summed E-state index contributed by atoms with van der Waals surface area (Å²) in [7, 11) is 1.28. The summed E-state index contributed by atoms with van der Waals surface area (Å²) in [5.74, 6) is -1.36. The first-order chi connectivity index (χ1) is 7.61. The highest BCUT2D eigenvalue weighted by atomic mass is 35.5. The number of hydrogen-bond donors (Lipinski definition) is 0. The zero-order valence-corrected chi connectivity index (χ0v) is 9.70. The van der Waals surface area contributed by atoms with Crippen LogP contribution in [0.25, 0.3) is 10.6 Å². The van der Waals surface area contributed by atoms with Gasteiger partial charge in [-0.15, -0.1) is 11.3 Å². The van der Waals surface area contributed by atoms with Gasteiger partial charge in [-0.05, 0) is 6.07 Å². The van der Waals surface area contributed by atoms with Crippen molar-refractivity contribution in [1.82, 2.24) is 4.98 Å². The molecule has 0 spiro atoms. The second kappa shape index (κ2) is 4.35. The summed E-state index contributed by atoms with van der Waals surface area (Å²) < 4.78 is 31.6. The summed E-state index contributed by atoms with van der Waals surface area (Å²) >= 11 is 6.77. The van der Waals surface area contributed by atoms with Crippen LogP contribution in [-0.2, 0) is 0 Å². The summed E-state index contributed by atoms with van der Waals surface area (Å²) in [5, 5.41) is 2.15. The van der Waals surface area contributed by atoms with Gasteiger partial charge < -0.3 is 4.74 Å². The molecule has 1 heterocycles. The Bertz CT molecular complexity index is 530. The molecule has 0 aliphatic heterocycles. The van der Waals surface area contributed by atoms with E-state index in [-0.39, 0.29) is 16.5 Å². The third-order valence-corrected chi connectivity index (χ3v) is 3.15. The Kier molecular flexibility index (Phi) is 3.07. The maximum atomic E-state index is 13.6. The fraction of sp³-hybridized carbons (Fsp3) is 0.100. The van der Waals surface area contributed by atoms with Gasteiger partial charge in [0.2, 0.25) is 0 Å². The fourth-order valence-electron chi connectivity index (χ4n) is 1.23. The molecule has 0 bridgehead atoms. The molecular formula is C10H6ClF2NOS. The Balaban J connectivity index is 2.54. The molecule has 0 fully saturated rings. The zero-order valence-electron chi connectivity index (χ0n) is 8.13. The number of thiazole rings is 1. The molecule has 0 amide bonds. The third-order valence-electron chi connectivity index (χ3n) is 1.95. The monoisotopic (exact) mass is 261 g/mol. The largest absolute Gasteiger partial charge is 0.494 e. The smallest absolute Gasteiger partial charge is 0.165 e. The van der Waals surface area contributed by atoms with Gasteiger partial charge in [0.05, 0.1) is 7.11 Å². The minimum Gasteiger partial charge on any atom is -0.494 e. The molecule has 2 nitrogen and oxygen atoms in total. The molecule has 0 radical (unpaired) electrons. The average Bonchev–Trinajstić information content (AvgIpc) is 2.67. The molecule has 16 heavy (non-hydrogen) atoms. The molecular weight excluding hydrogens is 256 g/mol.